The Morgan fingerprint density at radius 1 is 1.42 bits per heavy atom. The minimum atomic E-state index is -0.0325. The normalized spacial score (nSPS) is 17.9. The molecule has 6 heteroatoms. The van der Waals surface area contributed by atoms with Crippen molar-refractivity contribution in [2.45, 2.75) is 25.8 Å². The maximum absolute atomic E-state index is 12.4. The zero-order valence-electron chi connectivity index (χ0n) is 14.5. The van der Waals surface area contributed by atoms with Crippen LogP contribution in [0.1, 0.15) is 30.1 Å². The minimum absolute atomic E-state index is 0.0325. The van der Waals surface area contributed by atoms with E-state index in [0.29, 0.717) is 12.4 Å². The van der Waals surface area contributed by atoms with Crippen molar-refractivity contribution in [2.24, 2.45) is 7.05 Å². The second-order valence-electron chi connectivity index (χ2n) is 6.21. The molecular formula is C18H24N4O2. The molecule has 1 amide bonds. The Balaban J connectivity index is 1.68. The molecule has 0 radical (unpaired) electrons. The fraction of sp³-hybridized carbons (Fsp3) is 0.444. The molecule has 0 unspecified atom stereocenters. The molecule has 2 aromatic rings. The molecule has 1 N–H and O–H groups in total. The van der Waals surface area contributed by atoms with Gasteiger partial charge in [-0.15, -0.1) is 0 Å². The number of carbonyl (C=O) groups is 1. The Labute approximate surface area is 142 Å². The van der Waals surface area contributed by atoms with Crippen molar-refractivity contribution >= 4 is 11.7 Å². The van der Waals surface area contributed by atoms with E-state index >= 15 is 0 Å². The van der Waals surface area contributed by atoms with E-state index in [4.69, 9.17) is 4.74 Å². The average molecular weight is 328 g/mol. The van der Waals surface area contributed by atoms with Gasteiger partial charge in [-0.1, -0.05) is 18.2 Å². The van der Waals surface area contributed by atoms with Crippen LogP contribution < -0.4 is 10.1 Å². The van der Waals surface area contributed by atoms with Crippen LogP contribution in [0.3, 0.4) is 0 Å². The van der Waals surface area contributed by atoms with Crippen LogP contribution >= 0.6 is 0 Å². The highest BCUT2D eigenvalue weighted by Crippen LogP contribution is 2.36. The van der Waals surface area contributed by atoms with Crippen LogP contribution in [-0.2, 0) is 11.8 Å². The van der Waals surface area contributed by atoms with E-state index in [9.17, 15) is 4.79 Å². The Kier molecular flexibility index (Phi) is 4.85. The monoisotopic (exact) mass is 328 g/mol. The fourth-order valence-corrected chi connectivity index (χ4v) is 3.30. The summed E-state index contributed by atoms with van der Waals surface area (Å²) in [7, 11) is 3.55. The van der Waals surface area contributed by atoms with Crippen LogP contribution in [0.5, 0.6) is 5.75 Å². The van der Waals surface area contributed by atoms with Gasteiger partial charge in [0, 0.05) is 30.4 Å². The summed E-state index contributed by atoms with van der Waals surface area (Å²) < 4.78 is 7.24. The van der Waals surface area contributed by atoms with Gasteiger partial charge in [-0.05, 0) is 32.4 Å². The summed E-state index contributed by atoms with van der Waals surface area (Å²) in [5.74, 6) is 1.46. The van der Waals surface area contributed by atoms with Gasteiger partial charge in [0.25, 0.3) is 0 Å². The first-order valence-corrected chi connectivity index (χ1v) is 8.26. The number of benzene rings is 1. The first-order valence-electron chi connectivity index (χ1n) is 8.26. The van der Waals surface area contributed by atoms with Crippen molar-refractivity contribution in [1.82, 2.24) is 14.7 Å². The van der Waals surface area contributed by atoms with Gasteiger partial charge in [-0.25, -0.2) is 0 Å². The first-order chi connectivity index (χ1) is 11.6. The van der Waals surface area contributed by atoms with Gasteiger partial charge >= 0.3 is 0 Å². The predicted octanol–water partition coefficient (Wildman–Crippen LogP) is 2.51. The molecule has 1 aliphatic rings. The molecule has 1 aromatic heterocycles. The Morgan fingerprint density at radius 3 is 2.92 bits per heavy atom. The zero-order valence-corrected chi connectivity index (χ0v) is 14.5. The van der Waals surface area contributed by atoms with Crippen LogP contribution in [0.25, 0.3) is 0 Å². The minimum Gasteiger partial charge on any atom is -0.496 e. The summed E-state index contributed by atoms with van der Waals surface area (Å²) >= 11 is 0. The van der Waals surface area contributed by atoms with Gasteiger partial charge in [-0.3, -0.25) is 14.4 Å². The first kappa shape index (κ1) is 16.5. The van der Waals surface area contributed by atoms with Gasteiger partial charge < -0.3 is 10.1 Å². The predicted molar refractivity (Wildman–Crippen MR) is 93.1 cm³/mol. The number of likely N-dealkylation sites (tertiary alicyclic amines) is 1. The van der Waals surface area contributed by atoms with Gasteiger partial charge in [-0.2, -0.15) is 5.10 Å². The van der Waals surface area contributed by atoms with Crippen molar-refractivity contribution in [1.29, 1.82) is 0 Å². The molecule has 1 aliphatic heterocycles. The Morgan fingerprint density at radius 2 is 2.21 bits per heavy atom. The highest BCUT2D eigenvalue weighted by atomic mass is 16.5. The topological polar surface area (TPSA) is 59.4 Å². The number of nitrogens with one attached hydrogen (secondary N) is 1. The van der Waals surface area contributed by atoms with Crippen LogP contribution in [-0.4, -0.2) is 40.8 Å². The number of amides is 1. The van der Waals surface area contributed by atoms with Gasteiger partial charge in [0.1, 0.15) is 5.75 Å². The number of carbonyl (C=O) groups excluding carboxylic acids is 1. The zero-order chi connectivity index (χ0) is 17.1. The largest absolute Gasteiger partial charge is 0.496 e. The summed E-state index contributed by atoms with van der Waals surface area (Å²) in [6.07, 6.45) is 2.12. The van der Waals surface area contributed by atoms with Crippen molar-refractivity contribution in [3.8, 4) is 5.75 Å². The summed E-state index contributed by atoms with van der Waals surface area (Å²) in [5.41, 5.74) is 2.16. The molecule has 0 aliphatic carbocycles. The summed E-state index contributed by atoms with van der Waals surface area (Å²) in [6, 6.07) is 10.1. The average Bonchev–Trinajstić information content (AvgIpc) is 3.14. The van der Waals surface area contributed by atoms with E-state index in [1.165, 1.54) is 0 Å². The number of para-hydroxylation sites is 1. The summed E-state index contributed by atoms with van der Waals surface area (Å²) in [5, 5.41) is 7.16. The van der Waals surface area contributed by atoms with Gasteiger partial charge in [0.05, 0.1) is 13.7 Å². The van der Waals surface area contributed by atoms with Gasteiger partial charge in [0.15, 0.2) is 5.82 Å². The molecule has 128 valence electrons. The number of hydrogen-bond donors (Lipinski definition) is 1. The number of hydrogen-bond acceptors (Lipinski definition) is 4. The van der Waals surface area contributed by atoms with E-state index in [1.807, 2.05) is 38.2 Å². The number of nitrogens with zero attached hydrogens (tertiary/aromatic N) is 3. The Bertz CT molecular complexity index is 706. The second-order valence-corrected chi connectivity index (χ2v) is 6.21. The van der Waals surface area contributed by atoms with Crippen molar-refractivity contribution in [3.05, 3.63) is 41.6 Å². The van der Waals surface area contributed by atoms with Crippen LogP contribution in [0.15, 0.2) is 30.3 Å². The molecule has 24 heavy (non-hydrogen) atoms. The highest BCUT2D eigenvalue weighted by molar-refractivity contribution is 5.91. The molecule has 3 rings (SSSR count). The van der Waals surface area contributed by atoms with Crippen molar-refractivity contribution < 1.29 is 9.53 Å². The molecule has 1 saturated heterocycles. The van der Waals surface area contributed by atoms with Crippen LogP contribution in [0, 0.1) is 6.92 Å². The number of aromatic nitrogens is 2. The third-order valence-electron chi connectivity index (χ3n) is 4.59. The summed E-state index contributed by atoms with van der Waals surface area (Å²) in [6.45, 7) is 3.23. The highest BCUT2D eigenvalue weighted by Gasteiger charge is 2.29. The van der Waals surface area contributed by atoms with E-state index in [0.717, 1.165) is 36.4 Å². The molecular weight excluding hydrogens is 304 g/mol. The maximum atomic E-state index is 12.4. The molecule has 1 atom stereocenters. The smallest absolute Gasteiger partial charge is 0.239 e. The van der Waals surface area contributed by atoms with E-state index in [2.05, 4.69) is 21.4 Å². The van der Waals surface area contributed by atoms with Crippen LogP contribution in [0.2, 0.25) is 0 Å². The van der Waals surface area contributed by atoms with E-state index in [-0.39, 0.29) is 11.9 Å². The lowest BCUT2D eigenvalue weighted by Gasteiger charge is -2.25. The fourth-order valence-electron chi connectivity index (χ4n) is 3.30. The molecule has 0 bridgehead atoms. The molecule has 6 nitrogen and oxygen atoms in total. The molecule has 0 spiro atoms. The van der Waals surface area contributed by atoms with E-state index in [1.54, 1.807) is 11.8 Å². The summed E-state index contributed by atoms with van der Waals surface area (Å²) in [4.78, 5) is 14.6. The third-order valence-corrected chi connectivity index (χ3v) is 4.59. The van der Waals surface area contributed by atoms with Crippen molar-refractivity contribution in [2.75, 3.05) is 25.5 Å². The lowest BCUT2D eigenvalue weighted by molar-refractivity contribution is -0.117. The number of aryl methyl sites for hydroxylation is 2. The maximum Gasteiger partial charge on any atom is 0.239 e. The van der Waals surface area contributed by atoms with E-state index < -0.39 is 0 Å². The molecule has 2 heterocycles. The number of rotatable bonds is 5. The van der Waals surface area contributed by atoms with Crippen molar-refractivity contribution in [3.63, 3.8) is 0 Å². The number of ether oxygens (including phenoxy) is 1. The molecule has 0 saturated carbocycles. The van der Waals surface area contributed by atoms with Gasteiger partial charge in [0.2, 0.25) is 5.91 Å². The standard InChI is InChI=1S/C18H24N4O2/c1-13-11-17(20-21(13)2)19-18(23)12-22-10-6-8-15(22)14-7-4-5-9-16(14)24-3/h4-5,7,9,11,15H,6,8,10,12H2,1-3H3,(H,19,20,23)/t15-/m1/s1. The molecule has 1 fully saturated rings. The second kappa shape index (κ2) is 7.05. The lowest BCUT2D eigenvalue weighted by Crippen LogP contribution is -2.33. The Hall–Kier alpha value is -2.34. The third kappa shape index (κ3) is 3.43. The number of anilines is 1. The SMILES string of the molecule is COc1ccccc1[C@H]1CCCN1CC(=O)Nc1cc(C)n(C)n1. The lowest BCUT2D eigenvalue weighted by atomic mass is 10.0. The number of methoxy groups -OCH3 is 1. The molecule has 1 aromatic carbocycles. The van der Waals surface area contributed by atoms with Crippen LogP contribution in [0.4, 0.5) is 5.82 Å². The quantitative estimate of drug-likeness (QED) is 0.916.